The summed E-state index contributed by atoms with van der Waals surface area (Å²) in [6.07, 6.45) is 0.250. The minimum Gasteiger partial charge on any atom is -0.372 e. The van der Waals surface area contributed by atoms with Gasteiger partial charge in [0, 0.05) is 0 Å². The normalized spacial score (nSPS) is 9.94. The number of rotatable bonds is 2. The van der Waals surface area contributed by atoms with Gasteiger partial charge in [0.25, 0.3) is 0 Å². The first-order valence-corrected chi connectivity index (χ1v) is 4.88. The number of primary amides is 2. The highest BCUT2D eigenvalue weighted by molar-refractivity contribution is 5.85. The van der Waals surface area contributed by atoms with Crippen LogP contribution in [0.2, 0.25) is 0 Å². The van der Waals surface area contributed by atoms with Crippen molar-refractivity contribution in [3.05, 3.63) is 35.4 Å². The highest BCUT2D eigenvalue weighted by atomic mass is 16.1. The van der Waals surface area contributed by atoms with Crippen molar-refractivity contribution < 1.29 is 9.59 Å². The number of benzene rings is 1. The summed E-state index contributed by atoms with van der Waals surface area (Å²) in [5.41, 5.74) is 11.0. The van der Waals surface area contributed by atoms with Crippen LogP contribution >= 0.6 is 0 Å². The minimum absolute atomic E-state index is 0.250. The predicted molar refractivity (Wildman–Crippen MR) is 63.7 cm³/mol. The summed E-state index contributed by atoms with van der Waals surface area (Å²) in [5, 5.41) is 0. The molecular weight excluding hydrogens is 204 g/mol. The van der Waals surface area contributed by atoms with E-state index >= 15 is 0 Å². The Balaban J connectivity index is 0.000000673. The average Bonchev–Trinajstić information content (AvgIpc) is 2.19. The molecule has 0 radical (unpaired) electrons. The molecule has 0 unspecified atom stereocenters. The molecule has 0 saturated carbocycles. The molecule has 0 aliphatic rings. The van der Waals surface area contributed by atoms with Crippen molar-refractivity contribution in [3.8, 4) is 0 Å². The van der Waals surface area contributed by atoms with Crippen LogP contribution in [-0.2, 0) is 15.0 Å². The highest BCUT2D eigenvalue weighted by Gasteiger charge is 2.26. The number of amides is 2. The van der Waals surface area contributed by atoms with Crippen molar-refractivity contribution >= 4 is 12.3 Å². The molecule has 4 nitrogen and oxygen atoms in total. The fourth-order valence-electron chi connectivity index (χ4n) is 1.11. The van der Waals surface area contributed by atoms with Crippen molar-refractivity contribution in [2.24, 2.45) is 11.5 Å². The Labute approximate surface area is 95.6 Å². The Bertz CT molecular complexity index is 356. The van der Waals surface area contributed by atoms with Crippen molar-refractivity contribution in [3.63, 3.8) is 0 Å². The van der Waals surface area contributed by atoms with E-state index in [0.29, 0.717) is 0 Å². The van der Waals surface area contributed by atoms with E-state index < -0.39 is 5.41 Å². The summed E-state index contributed by atoms with van der Waals surface area (Å²) < 4.78 is 0. The van der Waals surface area contributed by atoms with Gasteiger partial charge in [0.2, 0.25) is 12.3 Å². The van der Waals surface area contributed by atoms with E-state index in [1.54, 1.807) is 0 Å². The topological polar surface area (TPSA) is 86.2 Å². The van der Waals surface area contributed by atoms with E-state index in [9.17, 15) is 4.79 Å². The van der Waals surface area contributed by atoms with Gasteiger partial charge in [0.05, 0.1) is 5.41 Å². The van der Waals surface area contributed by atoms with Gasteiger partial charge in [-0.05, 0) is 26.3 Å². The molecule has 1 aromatic carbocycles. The lowest BCUT2D eigenvalue weighted by Crippen LogP contribution is -2.35. The van der Waals surface area contributed by atoms with Gasteiger partial charge in [-0.25, -0.2) is 0 Å². The van der Waals surface area contributed by atoms with Crippen LogP contribution in [0.5, 0.6) is 0 Å². The van der Waals surface area contributed by atoms with Crippen LogP contribution in [0.3, 0.4) is 0 Å². The number of nitrogens with two attached hydrogens (primary N) is 2. The van der Waals surface area contributed by atoms with Gasteiger partial charge < -0.3 is 11.5 Å². The molecular formula is C12H18N2O2. The maximum Gasteiger partial charge on any atom is 0.227 e. The molecule has 0 heterocycles. The van der Waals surface area contributed by atoms with Crippen LogP contribution in [0.25, 0.3) is 0 Å². The van der Waals surface area contributed by atoms with Gasteiger partial charge in [0.1, 0.15) is 0 Å². The molecule has 0 bridgehead atoms. The second-order valence-electron chi connectivity index (χ2n) is 3.99. The summed E-state index contributed by atoms with van der Waals surface area (Å²) in [7, 11) is 0. The smallest absolute Gasteiger partial charge is 0.227 e. The lowest BCUT2D eigenvalue weighted by atomic mass is 9.84. The molecule has 0 spiro atoms. The monoisotopic (exact) mass is 222 g/mol. The Morgan fingerprint density at radius 2 is 1.62 bits per heavy atom. The first-order valence-electron chi connectivity index (χ1n) is 4.88. The second kappa shape index (κ2) is 5.90. The highest BCUT2D eigenvalue weighted by Crippen LogP contribution is 2.22. The van der Waals surface area contributed by atoms with E-state index in [2.05, 4.69) is 5.73 Å². The van der Waals surface area contributed by atoms with E-state index in [0.717, 1.165) is 5.56 Å². The fourth-order valence-corrected chi connectivity index (χ4v) is 1.11. The van der Waals surface area contributed by atoms with E-state index in [4.69, 9.17) is 10.5 Å². The van der Waals surface area contributed by atoms with Crippen molar-refractivity contribution in [2.75, 3.05) is 0 Å². The zero-order valence-corrected chi connectivity index (χ0v) is 9.86. The molecule has 0 atom stereocenters. The molecule has 1 rings (SSSR count). The third-order valence-electron chi connectivity index (χ3n) is 2.39. The molecule has 0 fully saturated rings. The molecule has 0 aromatic heterocycles. The fraction of sp³-hybridized carbons (Fsp3) is 0.333. The first kappa shape index (κ1) is 14.2. The van der Waals surface area contributed by atoms with E-state index in [-0.39, 0.29) is 12.3 Å². The third kappa shape index (κ3) is 3.73. The zero-order chi connectivity index (χ0) is 12.8. The molecule has 88 valence electrons. The van der Waals surface area contributed by atoms with Gasteiger partial charge in [-0.15, -0.1) is 0 Å². The van der Waals surface area contributed by atoms with Crippen LogP contribution in [0.4, 0.5) is 0 Å². The Hall–Kier alpha value is -1.84. The standard InChI is InChI=1S/C11H15NO.CH3NO/c1-8-4-6-9(7-5-8)11(2,3)10(12)13;2-1-3/h4-7H,1-3H3,(H2,12,13);1H,(H2,2,3). The van der Waals surface area contributed by atoms with Gasteiger partial charge in [0.15, 0.2) is 0 Å². The number of aryl methyl sites for hydroxylation is 1. The maximum absolute atomic E-state index is 11.1. The molecule has 2 amide bonds. The third-order valence-corrected chi connectivity index (χ3v) is 2.39. The molecule has 0 saturated heterocycles. The van der Waals surface area contributed by atoms with Crippen LogP contribution in [0, 0.1) is 6.92 Å². The largest absolute Gasteiger partial charge is 0.372 e. The summed E-state index contributed by atoms with van der Waals surface area (Å²) in [6, 6.07) is 7.86. The molecule has 4 N–H and O–H groups in total. The molecule has 16 heavy (non-hydrogen) atoms. The Morgan fingerprint density at radius 3 is 1.94 bits per heavy atom. The van der Waals surface area contributed by atoms with Crippen LogP contribution in [-0.4, -0.2) is 12.3 Å². The molecule has 0 aliphatic heterocycles. The lowest BCUT2D eigenvalue weighted by molar-refractivity contribution is -0.122. The first-order chi connectivity index (χ1) is 7.36. The summed E-state index contributed by atoms with van der Waals surface area (Å²) in [6.45, 7) is 5.68. The van der Waals surface area contributed by atoms with Crippen LogP contribution < -0.4 is 11.5 Å². The summed E-state index contributed by atoms with van der Waals surface area (Å²) in [4.78, 5) is 19.7. The van der Waals surface area contributed by atoms with Crippen LogP contribution in [0.15, 0.2) is 24.3 Å². The quantitative estimate of drug-likeness (QED) is 0.727. The Morgan fingerprint density at radius 1 is 1.25 bits per heavy atom. The number of hydrogen-bond acceptors (Lipinski definition) is 2. The number of carbonyl (C=O) groups excluding carboxylic acids is 2. The van der Waals surface area contributed by atoms with E-state index in [1.165, 1.54) is 5.56 Å². The van der Waals surface area contributed by atoms with Gasteiger partial charge in [-0.3, -0.25) is 9.59 Å². The van der Waals surface area contributed by atoms with Crippen molar-refractivity contribution in [2.45, 2.75) is 26.2 Å². The van der Waals surface area contributed by atoms with Crippen molar-refractivity contribution in [1.29, 1.82) is 0 Å². The summed E-state index contributed by atoms with van der Waals surface area (Å²) >= 11 is 0. The van der Waals surface area contributed by atoms with Crippen LogP contribution in [0.1, 0.15) is 25.0 Å². The van der Waals surface area contributed by atoms with Gasteiger partial charge in [-0.1, -0.05) is 29.8 Å². The maximum atomic E-state index is 11.1. The van der Waals surface area contributed by atoms with E-state index in [1.807, 2.05) is 45.0 Å². The van der Waals surface area contributed by atoms with Gasteiger partial charge >= 0.3 is 0 Å². The zero-order valence-electron chi connectivity index (χ0n) is 9.86. The van der Waals surface area contributed by atoms with Crippen molar-refractivity contribution in [1.82, 2.24) is 0 Å². The van der Waals surface area contributed by atoms with Gasteiger partial charge in [-0.2, -0.15) is 0 Å². The molecule has 1 aromatic rings. The lowest BCUT2D eigenvalue weighted by Gasteiger charge is -2.20. The molecule has 4 heteroatoms. The Kier molecular flexibility index (Phi) is 5.22. The number of hydrogen-bond donors (Lipinski definition) is 2. The number of carbonyl (C=O) groups is 2. The second-order valence-corrected chi connectivity index (χ2v) is 3.99. The predicted octanol–water partition coefficient (Wildman–Crippen LogP) is 0.859. The SMILES string of the molecule is Cc1ccc(C(C)(C)C(N)=O)cc1.NC=O. The summed E-state index contributed by atoms with van der Waals surface area (Å²) in [5.74, 6) is -0.295. The average molecular weight is 222 g/mol. The molecule has 0 aliphatic carbocycles. The minimum atomic E-state index is -0.576.